The van der Waals surface area contributed by atoms with Crippen molar-refractivity contribution in [2.24, 2.45) is 0 Å². The van der Waals surface area contributed by atoms with Crippen LogP contribution in [-0.2, 0) is 16.6 Å². The molecule has 1 saturated carbocycles. The Morgan fingerprint density at radius 2 is 1.76 bits per heavy atom. The Balaban J connectivity index is 1.40. The van der Waals surface area contributed by atoms with Gasteiger partial charge in [0.25, 0.3) is 0 Å². The summed E-state index contributed by atoms with van der Waals surface area (Å²) in [4.78, 5) is 12.6. The number of benzene rings is 3. The first-order valence-corrected chi connectivity index (χ1v) is 12.2. The van der Waals surface area contributed by atoms with Crippen LogP contribution in [0.25, 0.3) is 11.0 Å². The van der Waals surface area contributed by atoms with E-state index < -0.39 is 11.5 Å². The number of hydrogen-bond acceptors (Lipinski definition) is 3. The van der Waals surface area contributed by atoms with Gasteiger partial charge < -0.3 is 14.8 Å². The predicted molar refractivity (Wildman–Crippen MR) is 135 cm³/mol. The topological polar surface area (TPSA) is 62.5 Å². The van der Waals surface area contributed by atoms with Gasteiger partial charge >= 0.3 is 5.97 Å². The van der Waals surface area contributed by atoms with Crippen LogP contribution >= 0.6 is 11.6 Å². The zero-order valence-electron chi connectivity index (χ0n) is 18.8. The van der Waals surface area contributed by atoms with Gasteiger partial charge in [0.1, 0.15) is 11.1 Å². The van der Waals surface area contributed by atoms with Crippen molar-refractivity contribution in [3.63, 3.8) is 0 Å². The van der Waals surface area contributed by atoms with Gasteiger partial charge in [-0.05, 0) is 73.1 Å². The maximum atomic E-state index is 12.6. The molecule has 1 spiro atoms. The highest BCUT2D eigenvalue weighted by molar-refractivity contribution is 6.30. The highest BCUT2D eigenvalue weighted by Crippen LogP contribution is 2.58. The predicted octanol–water partition coefficient (Wildman–Crippen LogP) is 7.17. The Morgan fingerprint density at radius 3 is 2.56 bits per heavy atom. The van der Waals surface area contributed by atoms with Crippen LogP contribution in [0, 0.1) is 0 Å². The summed E-state index contributed by atoms with van der Waals surface area (Å²) in [6, 6.07) is 24.4. The molecule has 5 heteroatoms. The molecule has 34 heavy (non-hydrogen) atoms. The first-order chi connectivity index (χ1) is 16.5. The number of carbonyl (C=O) groups is 1. The van der Waals surface area contributed by atoms with Crippen LogP contribution in [-0.4, -0.2) is 16.6 Å². The van der Waals surface area contributed by atoms with Gasteiger partial charge in [-0.3, -0.25) is 0 Å². The molecule has 0 bridgehead atoms. The third-order valence-electron chi connectivity index (χ3n) is 8.14. The maximum Gasteiger partial charge on any atom is 0.329 e. The quantitative estimate of drug-likeness (QED) is 0.331. The molecule has 0 radical (unpaired) electrons. The lowest BCUT2D eigenvalue weighted by molar-refractivity contribution is -0.144. The van der Waals surface area contributed by atoms with Gasteiger partial charge in [-0.2, -0.15) is 0 Å². The average molecular weight is 472 g/mol. The lowest BCUT2D eigenvalue weighted by atomic mass is 9.59. The van der Waals surface area contributed by atoms with Gasteiger partial charge in [-0.25, -0.2) is 4.79 Å². The highest BCUT2D eigenvalue weighted by atomic mass is 35.5. The summed E-state index contributed by atoms with van der Waals surface area (Å²) < 4.78 is 5.94. The Kier molecular flexibility index (Phi) is 4.96. The van der Waals surface area contributed by atoms with Crippen molar-refractivity contribution < 1.29 is 14.3 Å². The Hall–Kier alpha value is -3.24. The highest BCUT2D eigenvalue weighted by Gasteiger charge is 2.54. The van der Waals surface area contributed by atoms with E-state index in [0.29, 0.717) is 17.9 Å². The maximum absolute atomic E-state index is 12.6. The molecular weight excluding hydrogens is 446 g/mol. The molecule has 1 unspecified atom stereocenters. The number of furan rings is 1. The lowest BCUT2D eigenvalue weighted by Gasteiger charge is -2.47. The van der Waals surface area contributed by atoms with Crippen LogP contribution < -0.4 is 5.32 Å². The lowest BCUT2D eigenvalue weighted by Crippen LogP contribution is -2.52. The number of nitrogens with one attached hydrogen (secondary N) is 1. The number of carboxylic acids is 1. The molecule has 6 rings (SSSR count). The number of para-hydroxylation sites is 1. The van der Waals surface area contributed by atoms with E-state index in [9.17, 15) is 9.90 Å². The minimum Gasteiger partial charge on any atom is -0.480 e. The Labute approximate surface area is 203 Å². The second kappa shape index (κ2) is 7.92. The van der Waals surface area contributed by atoms with Crippen LogP contribution in [0.4, 0.5) is 5.69 Å². The SMILES string of the molecule is O=C(O)C1(Nc2cccc(Cl)c2)CCC2(CC1)c1ccccc1CC2c1cccc2ccoc12. The van der Waals surface area contributed by atoms with E-state index in [0.717, 1.165) is 35.9 Å². The summed E-state index contributed by atoms with van der Waals surface area (Å²) >= 11 is 6.17. The van der Waals surface area contributed by atoms with E-state index in [1.807, 2.05) is 18.2 Å². The minimum absolute atomic E-state index is 0.118. The van der Waals surface area contributed by atoms with Gasteiger partial charge in [0, 0.05) is 27.4 Å². The molecule has 0 saturated heterocycles. The molecule has 1 atom stereocenters. The van der Waals surface area contributed by atoms with Crippen molar-refractivity contribution >= 4 is 34.2 Å². The Bertz CT molecular complexity index is 1380. The van der Waals surface area contributed by atoms with Crippen LogP contribution in [0.2, 0.25) is 5.02 Å². The monoisotopic (exact) mass is 471 g/mol. The van der Waals surface area contributed by atoms with Gasteiger partial charge in [0.05, 0.1) is 6.26 Å². The van der Waals surface area contributed by atoms with Crippen molar-refractivity contribution in [1.29, 1.82) is 0 Å². The molecule has 2 aliphatic rings. The minimum atomic E-state index is -1.02. The largest absolute Gasteiger partial charge is 0.480 e. The third-order valence-corrected chi connectivity index (χ3v) is 8.38. The number of aliphatic carboxylic acids is 1. The van der Waals surface area contributed by atoms with Gasteiger partial charge in [0.15, 0.2) is 0 Å². The van der Waals surface area contributed by atoms with Crippen LogP contribution in [0.5, 0.6) is 0 Å². The molecule has 1 aromatic heterocycles. The average Bonchev–Trinajstić information content (AvgIpc) is 3.44. The molecule has 1 heterocycles. The van der Waals surface area contributed by atoms with E-state index >= 15 is 0 Å². The van der Waals surface area contributed by atoms with Crippen LogP contribution in [0.15, 0.2) is 83.5 Å². The number of carboxylic acid groups (broad SMARTS) is 1. The Morgan fingerprint density at radius 1 is 0.971 bits per heavy atom. The number of rotatable bonds is 4. The number of anilines is 1. The molecule has 3 aromatic carbocycles. The number of halogens is 1. The summed E-state index contributed by atoms with van der Waals surface area (Å²) in [6.45, 7) is 0. The van der Waals surface area contributed by atoms with Crippen molar-refractivity contribution in [3.8, 4) is 0 Å². The molecule has 172 valence electrons. The number of hydrogen-bond donors (Lipinski definition) is 2. The van der Waals surface area contributed by atoms with Crippen molar-refractivity contribution in [2.45, 2.75) is 49.0 Å². The summed E-state index contributed by atoms with van der Waals surface area (Å²) in [7, 11) is 0. The summed E-state index contributed by atoms with van der Waals surface area (Å²) in [5, 5.41) is 15.4. The molecule has 1 fully saturated rings. The van der Waals surface area contributed by atoms with E-state index in [-0.39, 0.29) is 11.3 Å². The fraction of sp³-hybridized carbons (Fsp3) is 0.276. The second-order valence-corrected chi connectivity index (χ2v) is 10.2. The third kappa shape index (κ3) is 3.24. The van der Waals surface area contributed by atoms with Crippen LogP contribution in [0.3, 0.4) is 0 Å². The summed E-state index contributed by atoms with van der Waals surface area (Å²) in [5.74, 6) is -0.559. The molecule has 0 amide bonds. The summed E-state index contributed by atoms with van der Waals surface area (Å²) in [5.41, 5.74) is 4.51. The van der Waals surface area contributed by atoms with Crippen molar-refractivity contribution in [3.05, 3.63) is 101 Å². The van der Waals surface area contributed by atoms with E-state index in [4.69, 9.17) is 16.0 Å². The van der Waals surface area contributed by atoms with Crippen LogP contribution in [0.1, 0.15) is 48.3 Å². The van der Waals surface area contributed by atoms with E-state index in [2.05, 4.69) is 47.8 Å². The number of fused-ring (bicyclic) bond motifs is 3. The molecule has 2 aliphatic carbocycles. The standard InChI is InChI=1S/C29H26ClNO3/c30-21-7-4-8-22(18-21)31-29(27(32)33)14-12-28(13-15-29)24-10-2-1-5-20(24)17-25(28)23-9-3-6-19-11-16-34-26(19)23/h1-11,16,18,25,31H,12-15,17H2,(H,32,33). The molecule has 4 aromatic rings. The molecular formula is C29H26ClNO3. The van der Waals surface area contributed by atoms with Crippen molar-refractivity contribution in [1.82, 2.24) is 0 Å². The van der Waals surface area contributed by atoms with Crippen molar-refractivity contribution in [2.75, 3.05) is 5.32 Å². The van der Waals surface area contributed by atoms with E-state index in [1.54, 1.807) is 18.4 Å². The van der Waals surface area contributed by atoms with Gasteiger partial charge in [-0.15, -0.1) is 0 Å². The fourth-order valence-electron chi connectivity index (χ4n) is 6.46. The van der Waals surface area contributed by atoms with E-state index in [1.165, 1.54) is 16.7 Å². The first kappa shape index (κ1) is 21.3. The zero-order valence-corrected chi connectivity index (χ0v) is 19.5. The second-order valence-electron chi connectivity index (χ2n) is 9.78. The van der Waals surface area contributed by atoms with Gasteiger partial charge in [-0.1, -0.05) is 60.1 Å². The first-order valence-electron chi connectivity index (χ1n) is 11.8. The normalized spacial score (nSPS) is 26.0. The summed E-state index contributed by atoms with van der Waals surface area (Å²) in [6.07, 6.45) is 5.34. The molecule has 4 nitrogen and oxygen atoms in total. The molecule has 0 aliphatic heterocycles. The molecule has 2 N–H and O–H groups in total. The smallest absolute Gasteiger partial charge is 0.329 e. The fourth-order valence-corrected chi connectivity index (χ4v) is 6.65. The van der Waals surface area contributed by atoms with Gasteiger partial charge in [0.2, 0.25) is 0 Å². The zero-order chi connectivity index (χ0) is 23.3.